The van der Waals surface area contributed by atoms with E-state index in [9.17, 15) is 0 Å². The molecule has 0 spiro atoms. The lowest BCUT2D eigenvalue weighted by atomic mass is 10.1. The highest BCUT2D eigenvalue weighted by molar-refractivity contribution is 5.08. The van der Waals surface area contributed by atoms with Crippen molar-refractivity contribution in [1.29, 1.82) is 0 Å². The molecule has 0 saturated heterocycles. The third-order valence-corrected chi connectivity index (χ3v) is 3.57. The van der Waals surface area contributed by atoms with Crippen molar-refractivity contribution in [3.05, 3.63) is 30.1 Å². The van der Waals surface area contributed by atoms with Crippen LogP contribution in [0.2, 0.25) is 0 Å². The van der Waals surface area contributed by atoms with Crippen molar-refractivity contribution in [3.63, 3.8) is 0 Å². The van der Waals surface area contributed by atoms with E-state index in [-0.39, 0.29) is 0 Å². The molecule has 0 saturated carbocycles. The second-order valence-electron chi connectivity index (χ2n) is 5.52. The van der Waals surface area contributed by atoms with E-state index in [2.05, 4.69) is 22.9 Å². The van der Waals surface area contributed by atoms with Crippen LogP contribution in [0.5, 0.6) is 0 Å². The minimum absolute atomic E-state index is 0.340. The molecular weight excluding hydrogens is 258 g/mol. The Morgan fingerprint density at radius 2 is 1.52 bits per heavy atom. The van der Waals surface area contributed by atoms with E-state index in [4.69, 9.17) is 5.11 Å². The van der Waals surface area contributed by atoms with E-state index in [1.165, 1.54) is 50.5 Å². The Hall–Kier alpha value is -1.33. The van der Waals surface area contributed by atoms with E-state index >= 15 is 0 Å². The summed E-state index contributed by atoms with van der Waals surface area (Å²) in [6.45, 7) is 0.340. The van der Waals surface area contributed by atoms with Crippen LogP contribution in [-0.4, -0.2) is 16.7 Å². The lowest BCUT2D eigenvalue weighted by molar-refractivity contribution is 0.282. The average Bonchev–Trinajstić information content (AvgIpc) is 2.53. The summed E-state index contributed by atoms with van der Waals surface area (Å²) in [5.41, 5.74) is 1.33. The summed E-state index contributed by atoms with van der Waals surface area (Å²) >= 11 is 0. The first kappa shape index (κ1) is 17.7. The Morgan fingerprint density at radius 3 is 2.19 bits per heavy atom. The zero-order chi connectivity index (χ0) is 15.0. The normalized spacial score (nSPS) is 10.1. The summed E-state index contributed by atoms with van der Waals surface area (Å²) in [4.78, 5) is 4.12. The average molecular weight is 287 g/mol. The first-order valence-electron chi connectivity index (χ1n) is 8.39. The van der Waals surface area contributed by atoms with Gasteiger partial charge in [0.05, 0.1) is 0 Å². The zero-order valence-corrected chi connectivity index (χ0v) is 13.2. The minimum atomic E-state index is 0.340. The molecule has 116 valence electrons. The molecule has 0 aliphatic carbocycles. The van der Waals surface area contributed by atoms with Gasteiger partial charge >= 0.3 is 0 Å². The largest absolute Gasteiger partial charge is 0.396 e. The summed E-state index contributed by atoms with van der Waals surface area (Å²) in [7, 11) is 0. The second-order valence-corrected chi connectivity index (χ2v) is 5.52. The first-order valence-corrected chi connectivity index (χ1v) is 8.39. The molecule has 0 aliphatic rings. The van der Waals surface area contributed by atoms with Gasteiger partial charge in [-0.1, -0.05) is 31.7 Å². The quantitative estimate of drug-likeness (QED) is 0.479. The molecule has 0 fully saturated rings. The highest BCUT2D eigenvalue weighted by Crippen LogP contribution is 2.07. The minimum Gasteiger partial charge on any atom is -0.396 e. The summed E-state index contributed by atoms with van der Waals surface area (Å²) in [6.07, 6.45) is 16.5. The van der Waals surface area contributed by atoms with Crippen LogP contribution in [0.3, 0.4) is 0 Å². The molecule has 1 aromatic heterocycles. The number of aryl methyl sites for hydroxylation is 1. The number of pyridine rings is 1. The Balaban J connectivity index is 1.85. The number of rotatable bonds is 11. The number of aliphatic hydroxyl groups is 1. The summed E-state index contributed by atoms with van der Waals surface area (Å²) < 4.78 is 0. The van der Waals surface area contributed by atoms with Gasteiger partial charge in [0.15, 0.2) is 0 Å². The summed E-state index contributed by atoms with van der Waals surface area (Å²) in [5.74, 6) is 6.57. The van der Waals surface area contributed by atoms with Gasteiger partial charge in [0, 0.05) is 31.8 Å². The van der Waals surface area contributed by atoms with Gasteiger partial charge in [-0.2, -0.15) is 0 Å². The first-order chi connectivity index (χ1) is 10.4. The lowest BCUT2D eigenvalue weighted by Gasteiger charge is -1.98. The van der Waals surface area contributed by atoms with E-state index in [1.54, 1.807) is 0 Å². The van der Waals surface area contributed by atoms with Crippen LogP contribution in [0, 0.1) is 11.8 Å². The van der Waals surface area contributed by atoms with Gasteiger partial charge in [-0.25, -0.2) is 0 Å². The predicted octanol–water partition coefficient (Wildman–Crippen LogP) is 4.52. The number of nitrogens with zero attached hydrogens (tertiary/aromatic N) is 1. The van der Waals surface area contributed by atoms with Crippen LogP contribution in [0.1, 0.15) is 69.8 Å². The van der Waals surface area contributed by atoms with Crippen molar-refractivity contribution in [1.82, 2.24) is 4.98 Å². The molecular formula is C19H29NO. The maximum absolute atomic E-state index is 8.67. The van der Waals surface area contributed by atoms with E-state index in [1.807, 2.05) is 18.5 Å². The molecule has 0 aliphatic heterocycles. The molecule has 1 rings (SSSR count). The van der Waals surface area contributed by atoms with Crippen molar-refractivity contribution < 1.29 is 5.11 Å². The van der Waals surface area contributed by atoms with E-state index < -0.39 is 0 Å². The molecule has 2 heteroatoms. The highest BCUT2D eigenvalue weighted by atomic mass is 16.2. The van der Waals surface area contributed by atoms with Crippen molar-refractivity contribution in [2.24, 2.45) is 0 Å². The Kier molecular flexibility index (Phi) is 11.5. The molecule has 2 nitrogen and oxygen atoms in total. The van der Waals surface area contributed by atoms with Crippen LogP contribution in [0.15, 0.2) is 24.5 Å². The van der Waals surface area contributed by atoms with Crippen LogP contribution in [-0.2, 0) is 6.42 Å². The molecule has 0 unspecified atom stereocenters. The fraction of sp³-hybridized carbons (Fsp3) is 0.632. The van der Waals surface area contributed by atoms with Gasteiger partial charge in [0.1, 0.15) is 0 Å². The van der Waals surface area contributed by atoms with Crippen molar-refractivity contribution >= 4 is 0 Å². The van der Waals surface area contributed by atoms with Crippen LogP contribution in [0.25, 0.3) is 0 Å². The maximum Gasteiger partial charge on any atom is 0.0431 e. The molecule has 0 atom stereocenters. The number of hydrogen-bond acceptors (Lipinski definition) is 2. The number of unbranched alkanes of at least 4 members (excludes halogenated alkanes) is 8. The third-order valence-electron chi connectivity index (χ3n) is 3.57. The van der Waals surface area contributed by atoms with Gasteiger partial charge in [0.25, 0.3) is 0 Å². The van der Waals surface area contributed by atoms with Crippen LogP contribution >= 0.6 is 0 Å². The number of aliphatic hydroxyl groups excluding tert-OH is 1. The van der Waals surface area contributed by atoms with Gasteiger partial charge in [-0.3, -0.25) is 4.98 Å². The smallest absolute Gasteiger partial charge is 0.0431 e. The molecule has 21 heavy (non-hydrogen) atoms. The SMILES string of the molecule is OCCCCCCCCC#CCCCCc1cccnc1. The molecule has 0 aromatic carbocycles. The molecule has 0 bridgehead atoms. The van der Waals surface area contributed by atoms with E-state index in [0.717, 1.165) is 25.7 Å². The summed E-state index contributed by atoms with van der Waals surface area (Å²) in [5, 5.41) is 8.67. The topological polar surface area (TPSA) is 33.1 Å². The fourth-order valence-electron chi connectivity index (χ4n) is 2.30. The third kappa shape index (κ3) is 11.0. The van der Waals surface area contributed by atoms with Gasteiger partial charge in [-0.05, 0) is 43.7 Å². The maximum atomic E-state index is 8.67. The van der Waals surface area contributed by atoms with Crippen molar-refractivity contribution in [3.8, 4) is 11.8 Å². The van der Waals surface area contributed by atoms with E-state index in [0.29, 0.717) is 6.61 Å². The fourth-order valence-corrected chi connectivity index (χ4v) is 2.30. The molecule has 0 radical (unpaired) electrons. The second kappa shape index (κ2) is 13.6. The number of hydrogen-bond donors (Lipinski definition) is 1. The standard InChI is InChI=1S/C19H29NO/c21-17-12-10-8-6-4-2-1-3-5-7-9-11-14-19-15-13-16-20-18-19/h13,15-16,18,21H,1-2,4,6-12,14,17H2. The molecule has 1 heterocycles. The highest BCUT2D eigenvalue weighted by Gasteiger charge is 1.92. The molecule has 0 amide bonds. The predicted molar refractivity (Wildman–Crippen MR) is 89.0 cm³/mol. The molecule has 1 aromatic rings. The Labute approximate surface area is 130 Å². The summed E-state index contributed by atoms with van der Waals surface area (Å²) in [6, 6.07) is 4.14. The molecule has 1 N–H and O–H groups in total. The van der Waals surface area contributed by atoms with Crippen LogP contribution < -0.4 is 0 Å². The number of aromatic nitrogens is 1. The lowest BCUT2D eigenvalue weighted by Crippen LogP contribution is -1.85. The van der Waals surface area contributed by atoms with Crippen LogP contribution in [0.4, 0.5) is 0 Å². The van der Waals surface area contributed by atoms with Crippen molar-refractivity contribution in [2.75, 3.05) is 6.61 Å². The van der Waals surface area contributed by atoms with Gasteiger partial charge < -0.3 is 5.11 Å². The monoisotopic (exact) mass is 287 g/mol. The van der Waals surface area contributed by atoms with Gasteiger partial charge in [0.2, 0.25) is 0 Å². The zero-order valence-electron chi connectivity index (χ0n) is 13.2. The Bertz CT molecular complexity index is 391. The van der Waals surface area contributed by atoms with Crippen molar-refractivity contribution in [2.45, 2.75) is 70.6 Å². The van der Waals surface area contributed by atoms with Gasteiger partial charge in [-0.15, -0.1) is 11.8 Å². The Morgan fingerprint density at radius 1 is 0.857 bits per heavy atom.